The van der Waals surface area contributed by atoms with Gasteiger partial charge in [0.2, 0.25) is 0 Å². The van der Waals surface area contributed by atoms with Crippen LogP contribution in [0.4, 0.5) is 5.69 Å². The molecule has 2 aliphatic heterocycles. The van der Waals surface area contributed by atoms with E-state index in [1.165, 1.54) is 38.2 Å². The highest BCUT2D eigenvalue weighted by molar-refractivity contribution is 5.58. The Morgan fingerprint density at radius 2 is 1.76 bits per heavy atom. The van der Waals surface area contributed by atoms with Gasteiger partial charge >= 0.3 is 0 Å². The number of hydrogen-bond donors (Lipinski definition) is 0. The predicted molar refractivity (Wildman–Crippen MR) is 106 cm³/mol. The molecule has 2 fully saturated rings. The third-order valence-corrected chi connectivity index (χ3v) is 5.44. The lowest BCUT2D eigenvalue weighted by Gasteiger charge is -2.45. The van der Waals surface area contributed by atoms with Crippen molar-refractivity contribution in [1.29, 1.82) is 0 Å². The number of piperidine rings is 1. The Morgan fingerprint density at radius 1 is 1.04 bits per heavy atom. The Labute approximate surface area is 153 Å². The van der Waals surface area contributed by atoms with Crippen LogP contribution in [0.1, 0.15) is 33.6 Å². The number of nitrogens with zero attached hydrogens (tertiary/aromatic N) is 3. The van der Waals surface area contributed by atoms with Crippen LogP contribution >= 0.6 is 0 Å². The van der Waals surface area contributed by atoms with E-state index in [1.807, 2.05) is 6.07 Å². The lowest BCUT2D eigenvalue weighted by Crippen LogP contribution is -2.55. The van der Waals surface area contributed by atoms with Crippen LogP contribution < -0.4 is 9.64 Å². The van der Waals surface area contributed by atoms with Gasteiger partial charge in [-0.3, -0.25) is 4.90 Å². The highest BCUT2D eigenvalue weighted by Crippen LogP contribution is 2.29. The fraction of sp³-hybridized carbons (Fsp3) is 0.714. The van der Waals surface area contributed by atoms with E-state index < -0.39 is 0 Å². The molecule has 0 aromatic heterocycles. The summed E-state index contributed by atoms with van der Waals surface area (Å²) in [6.07, 6.45) is 2.70. The van der Waals surface area contributed by atoms with E-state index in [4.69, 9.17) is 4.74 Å². The van der Waals surface area contributed by atoms with E-state index in [0.29, 0.717) is 5.41 Å². The normalized spacial score (nSPS) is 23.7. The van der Waals surface area contributed by atoms with Gasteiger partial charge in [0.1, 0.15) is 5.75 Å². The first-order valence-electron chi connectivity index (χ1n) is 9.81. The molecule has 0 spiro atoms. The van der Waals surface area contributed by atoms with Gasteiger partial charge in [-0.2, -0.15) is 0 Å². The van der Waals surface area contributed by atoms with Crippen LogP contribution in [0.25, 0.3) is 0 Å². The van der Waals surface area contributed by atoms with Gasteiger partial charge in [0, 0.05) is 45.3 Å². The fourth-order valence-electron chi connectivity index (χ4n) is 4.36. The molecule has 1 atom stereocenters. The maximum absolute atomic E-state index is 5.54. The maximum Gasteiger partial charge on any atom is 0.142 e. The van der Waals surface area contributed by atoms with E-state index in [-0.39, 0.29) is 0 Å². The van der Waals surface area contributed by atoms with Crippen molar-refractivity contribution in [3.63, 3.8) is 0 Å². The number of anilines is 1. The summed E-state index contributed by atoms with van der Waals surface area (Å²) in [5, 5.41) is 0. The average Bonchev–Trinajstić information content (AvgIpc) is 2.60. The molecule has 2 aliphatic rings. The van der Waals surface area contributed by atoms with Crippen molar-refractivity contribution >= 4 is 5.69 Å². The SMILES string of the molecule is COc1ccccc1N1CCN(C2CCCN(CC(C)(C)C)C2)CC1. The molecule has 1 aromatic rings. The van der Waals surface area contributed by atoms with E-state index >= 15 is 0 Å². The summed E-state index contributed by atoms with van der Waals surface area (Å²) in [4.78, 5) is 7.88. The first-order valence-corrected chi connectivity index (χ1v) is 9.81. The maximum atomic E-state index is 5.54. The molecule has 0 saturated carbocycles. The first kappa shape index (κ1) is 18.5. The van der Waals surface area contributed by atoms with Crippen molar-refractivity contribution in [3.8, 4) is 5.75 Å². The molecule has 0 bridgehead atoms. The van der Waals surface area contributed by atoms with Crippen molar-refractivity contribution in [1.82, 2.24) is 9.80 Å². The number of likely N-dealkylation sites (tertiary alicyclic amines) is 1. The molecule has 2 saturated heterocycles. The van der Waals surface area contributed by atoms with Crippen LogP contribution in [0.3, 0.4) is 0 Å². The number of benzene rings is 1. The Bertz CT molecular complexity index is 546. The Hall–Kier alpha value is -1.26. The number of hydrogen-bond acceptors (Lipinski definition) is 4. The minimum Gasteiger partial charge on any atom is -0.495 e. The zero-order valence-electron chi connectivity index (χ0n) is 16.5. The van der Waals surface area contributed by atoms with E-state index in [2.05, 4.69) is 53.7 Å². The third-order valence-electron chi connectivity index (χ3n) is 5.44. The molecule has 140 valence electrons. The van der Waals surface area contributed by atoms with Crippen molar-refractivity contribution in [2.75, 3.05) is 57.8 Å². The molecular weight excluding hydrogens is 310 g/mol. The van der Waals surface area contributed by atoms with Crippen LogP contribution in [0.5, 0.6) is 5.75 Å². The Balaban J connectivity index is 1.55. The van der Waals surface area contributed by atoms with Gasteiger partial charge in [0.05, 0.1) is 12.8 Å². The minimum atomic E-state index is 0.393. The Kier molecular flexibility index (Phi) is 5.90. The molecule has 0 N–H and O–H groups in total. The van der Waals surface area contributed by atoms with Crippen LogP contribution in [-0.4, -0.2) is 68.8 Å². The summed E-state index contributed by atoms with van der Waals surface area (Å²) in [6, 6.07) is 9.13. The number of para-hydroxylation sites is 2. The van der Waals surface area contributed by atoms with Gasteiger partial charge in [-0.15, -0.1) is 0 Å². The molecule has 4 nitrogen and oxygen atoms in total. The lowest BCUT2D eigenvalue weighted by molar-refractivity contribution is 0.0734. The molecule has 0 radical (unpaired) electrons. The standard InChI is InChI=1S/C21H35N3O/c1-21(2,3)17-22-11-7-8-18(16-22)23-12-14-24(15-13-23)19-9-5-6-10-20(19)25-4/h5-6,9-10,18H,7-8,11-17H2,1-4H3. The zero-order chi connectivity index (χ0) is 17.9. The lowest BCUT2D eigenvalue weighted by atomic mass is 9.94. The predicted octanol–water partition coefficient (Wildman–Crippen LogP) is 3.33. The van der Waals surface area contributed by atoms with E-state index in [0.717, 1.165) is 38.0 Å². The van der Waals surface area contributed by atoms with Crippen molar-refractivity contribution < 1.29 is 4.74 Å². The number of ether oxygens (including phenoxy) is 1. The van der Waals surface area contributed by atoms with Gasteiger partial charge in [-0.25, -0.2) is 0 Å². The molecule has 25 heavy (non-hydrogen) atoms. The summed E-state index contributed by atoms with van der Waals surface area (Å²) in [6.45, 7) is 15.3. The van der Waals surface area contributed by atoms with Gasteiger partial charge in [-0.1, -0.05) is 32.9 Å². The molecule has 0 amide bonds. The summed E-state index contributed by atoms with van der Waals surface area (Å²) >= 11 is 0. The highest BCUT2D eigenvalue weighted by Gasteiger charge is 2.30. The second-order valence-corrected chi connectivity index (χ2v) is 8.79. The van der Waals surface area contributed by atoms with E-state index in [1.54, 1.807) is 7.11 Å². The smallest absolute Gasteiger partial charge is 0.142 e. The van der Waals surface area contributed by atoms with Crippen LogP contribution in [-0.2, 0) is 0 Å². The van der Waals surface area contributed by atoms with Crippen molar-refractivity contribution in [3.05, 3.63) is 24.3 Å². The van der Waals surface area contributed by atoms with Crippen LogP contribution in [0.15, 0.2) is 24.3 Å². The van der Waals surface area contributed by atoms with Gasteiger partial charge < -0.3 is 14.5 Å². The summed E-state index contributed by atoms with van der Waals surface area (Å²) in [7, 11) is 1.76. The quantitative estimate of drug-likeness (QED) is 0.833. The van der Waals surface area contributed by atoms with Gasteiger partial charge in [0.15, 0.2) is 0 Å². The molecular formula is C21H35N3O. The number of methoxy groups -OCH3 is 1. The molecule has 3 rings (SSSR count). The molecule has 4 heteroatoms. The summed E-state index contributed by atoms with van der Waals surface area (Å²) in [5.41, 5.74) is 1.63. The number of rotatable bonds is 4. The largest absolute Gasteiger partial charge is 0.495 e. The van der Waals surface area contributed by atoms with Crippen LogP contribution in [0.2, 0.25) is 0 Å². The topological polar surface area (TPSA) is 19.0 Å². The fourth-order valence-corrected chi connectivity index (χ4v) is 4.36. The van der Waals surface area contributed by atoms with Gasteiger partial charge in [-0.05, 0) is 36.9 Å². The second kappa shape index (κ2) is 7.96. The number of piperazine rings is 1. The third kappa shape index (κ3) is 4.89. The molecule has 1 unspecified atom stereocenters. The monoisotopic (exact) mass is 345 g/mol. The zero-order valence-corrected chi connectivity index (χ0v) is 16.5. The molecule has 1 aromatic carbocycles. The minimum absolute atomic E-state index is 0.393. The van der Waals surface area contributed by atoms with E-state index in [9.17, 15) is 0 Å². The van der Waals surface area contributed by atoms with Crippen LogP contribution in [0, 0.1) is 5.41 Å². The highest BCUT2D eigenvalue weighted by atomic mass is 16.5. The Morgan fingerprint density at radius 3 is 2.44 bits per heavy atom. The van der Waals surface area contributed by atoms with Crippen molar-refractivity contribution in [2.45, 2.75) is 39.7 Å². The summed E-state index contributed by atoms with van der Waals surface area (Å²) in [5.74, 6) is 0.991. The van der Waals surface area contributed by atoms with Crippen molar-refractivity contribution in [2.24, 2.45) is 5.41 Å². The average molecular weight is 346 g/mol. The first-order chi connectivity index (χ1) is 12.0. The molecule has 2 heterocycles. The molecule has 0 aliphatic carbocycles. The second-order valence-electron chi connectivity index (χ2n) is 8.79. The van der Waals surface area contributed by atoms with Gasteiger partial charge in [0.25, 0.3) is 0 Å². The summed E-state index contributed by atoms with van der Waals surface area (Å²) < 4.78 is 5.54.